The van der Waals surface area contributed by atoms with Gasteiger partial charge < -0.3 is 19.5 Å². The van der Waals surface area contributed by atoms with Crippen LogP contribution in [0.2, 0.25) is 0 Å². The number of carbonyl (C=O) groups is 2. The van der Waals surface area contributed by atoms with E-state index in [1.165, 1.54) is 23.7 Å². The lowest BCUT2D eigenvalue weighted by Crippen LogP contribution is -2.35. The maximum atomic E-state index is 13.0. The summed E-state index contributed by atoms with van der Waals surface area (Å²) in [5.74, 6) is 0.370. The lowest BCUT2D eigenvalue weighted by atomic mass is 10.1. The number of hydrogen-bond acceptors (Lipinski definition) is 10. The second-order valence-corrected chi connectivity index (χ2v) is 10.8. The fraction of sp³-hybridized carbons (Fsp3) is 0.241. The van der Waals surface area contributed by atoms with E-state index in [9.17, 15) is 9.59 Å². The van der Waals surface area contributed by atoms with Crippen molar-refractivity contribution in [1.82, 2.24) is 29.5 Å². The van der Waals surface area contributed by atoms with Crippen LogP contribution in [-0.4, -0.2) is 60.8 Å². The van der Waals surface area contributed by atoms with E-state index in [4.69, 9.17) is 14.2 Å². The molecular formula is C29H29N7O5S. The number of benzene rings is 1. The van der Waals surface area contributed by atoms with Crippen LogP contribution in [0.3, 0.4) is 0 Å². The molecule has 0 aliphatic heterocycles. The molecule has 13 heteroatoms. The second-order valence-electron chi connectivity index (χ2n) is 9.91. The molecule has 0 aliphatic rings. The fourth-order valence-electron chi connectivity index (χ4n) is 3.95. The van der Waals surface area contributed by atoms with Crippen LogP contribution in [0, 0.1) is 0 Å². The molecule has 12 nitrogen and oxygen atoms in total. The Hall–Kier alpha value is -4.88. The number of pyridine rings is 1. The number of nitrogens with zero attached hydrogens (tertiary/aromatic N) is 6. The first-order valence-electron chi connectivity index (χ1n) is 12.9. The van der Waals surface area contributed by atoms with Gasteiger partial charge in [-0.15, -0.1) is 11.3 Å². The third-order valence-corrected chi connectivity index (χ3v) is 6.87. The number of anilines is 1. The van der Waals surface area contributed by atoms with Crippen LogP contribution in [0.5, 0.6) is 5.75 Å². The summed E-state index contributed by atoms with van der Waals surface area (Å²) in [5, 5.41) is 13.6. The summed E-state index contributed by atoms with van der Waals surface area (Å²) >= 11 is 1.26. The van der Waals surface area contributed by atoms with Crippen LogP contribution in [0.25, 0.3) is 22.0 Å². The number of nitrogens with one attached hydrogen (secondary N) is 1. The number of amides is 1. The molecule has 4 aromatic heterocycles. The monoisotopic (exact) mass is 587 g/mol. The molecule has 0 unspecified atom stereocenters. The van der Waals surface area contributed by atoms with Crippen LogP contribution in [0.15, 0.2) is 72.6 Å². The molecule has 0 radical (unpaired) electrons. The predicted molar refractivity (Wildman–Crippen MR) is 156 cm³/mol. The van der Waals surface area contributed by atoms with E-state index in [0.717, 1.165) is 16.0 Å². The molecular weight excluding hydrogens is 558 g/mol. The van der Waals surface area contributed by atoms with Crippen LogP contribution in [0.4, 0.5) is 10.5 Å². The second kappa shape index (κ2) is 12.3. The maximum Gasteiger partial charge on any atom is 0.435 e. The van der Waals surface area contributed by atoms with Gasteiger partial charge in [0.25, 0.3) is 5.91 Å². The molecule has 5 aromatic rings. The number of carbonyl (C=O) groups excluding carboxylic acids is 2. The number of hydrogen-bond donors (Lipinski definition) is 1. The average Bonchev–Trinajstić information content (AvgIpc) is 3.73. The molecule has 1 N–H and O–H groups in total. The largest absolute Gasteiger partial charge is 0.497 e. The van der Waals surface area contributed by atoms with Crippen molar-refractivity contribution < 1.29 is 23.8 Å². The Bertz CT molecular complexity index is 1680. The van der Waals surface area contributed by atoms with Gasteiger partial charge in [0.2, 0.25) is 0 Å². The molecule has 42 heavy (non-hydrogen) atoms. The van der Waals surface area contributed by atoms with Crippen molar-refractivity contribution in [2.45, 2.75) is 26.1 Å². The highest BCUT2D eigenvalue weighted by Crippen LogP contribution is 2.27. The lowest BCUT2D eigenvalue weighted by molar-refractivity contribution is -0.0385. The van der Waals surface area contributed by atoms with Crippen LogP contribution >= 0.6 is 11.3 Å². The summed E-state index contributed by atoms with van der Waals surface area (Å²) in [4.78, 5) is 34.5. The molecule has 1 amide bonds. The number of ether oxygens (including phenoxy) is 3. The topological polar surface area (TPSA) is 135 Å². The van der Waals surface area contributed by atoms with Gasteiger partial charge in [0, 0.05) is 36.6 Å². The summed E-state index contributed by atoms with van der Waals surface area (Å²) in [6.07, 6.45) is 5.72. The molecule has 216 valence electrons. The predicted octanol–water partition coefficient (Wildman–Crippen LogP) is 5.04. The third-order valence-electron chi connectivity index (χ3n) is 5.98. The number of aryl methyl sites for hydroxylation is 1. The average molecular weight is 588 g/mol. The number of thiazole rings is 1. The van der Waals surface area contributed by atoms with Crippen molar-refractivity contribution in [3.63, 3.8) is 0 Å². The van der Waals surface area contributed by atoms with E-state index in [1.54, 1.807) is 50.5 Å². The highest BCUT2D eigenvalue weighted by molar-refractivity contribution is 7.13. The molecule has 5 rings (SSSR count). The summed E-state index contributed by atoms with van der Waals surface area (Å²) in [7, 11) is 3.38. The van der Waals surface area contributed by atoms with Gasteiger partial charge in [-0.2, -0.15) is 14.9 Å². The fourth-order valence-corrected chi connectivity index (χ4v) is 4.73. The van der Waals surface area contributed by atoms with Gasteiger partial charge >= 0.3 is 6.09 Å². The van der Waals surface area contributed by atoms with Gasteiger partial charge in [-0.25, -0.2) is 9.78 Å². The highest BCUT2D eigenvalue weighted by Gasteiger charge is 2.25. The summed E-state index contributed by atoms with van der Waals surface area (Å²) in [6, 6.07) is 13.0. The Kier molecular flexibility index (Phi) is 8.41. The zero-order valence-corrected chi connectivity index (χ0v) is 24.3. The van der Waals surface area contributed by atoms with E-state index >= 15 is 0 Å². The normalized spacial score (nSPS) is 11.3. The minimum absolute atomic E-state index is 0.183. The van der Waals surface area contributed by atoms with Crippen molar-refractivity contribution in [2.24, 2.45) is 7.05 Å². The molecule has 0 atom stereocenters. The van der Waals surface area contributed by atoms with Crippen LogP contribution in [0.1, 0.15) is 29.9 Å². The maximum absolute atomic E-state index is 13.0. The Balaban J connectivity index is 1.18. The van der Waals surface area contributed by atoms with Crippen molar-refractivity contribution in [3.05, 3.63) is 83.9 Å². The number of rotatable bonds is 10. The SMILES string of the molecule is COc1ccc(COCC(C)(C)OC(=O)n2cc(-c3nc(C(=O)Nc4cn(C)nc4-c4ccccn4)cs3)cn2)cc1. The van der Waals surface area contributed by atoms with Crippen LogP contribution < -0.4 is 10.1 Å². The van der Waals surface area contributed by atoms with E-state index in [1.807, 2.05) is 42.5 Å². The van der Waals surface area contributed by atoms with Crippen molar-refractivity contribution in [1.29, 1.82) is 0 Å². The Morgan fingerprint density at radius 1 is 1.10 bits per heavy atom. The van der Waals surface area contributed by atoms with Gasteiger partial charge in [-0.1, -0.05) is 18.2 Å². The minimum Gasteiger partial charge on any atom is -0.497 e. The highest BCUT2D eigenvalue weighted by atomic mass is 32.1. The third kappa shape index (κ3) is 6.87. The zero-order valence-electron chi connectivity index (χ0n) is 23.5. The quantitative estimate of drug-likeness (QED) is 0.238. The summed E-state index contributed by atoms with van der Waals surface area (Å²) in [5.41, 5.74) is 2.57. The van der Waals surface area contributed by atoms with E-state index < -0.39 is 17.6 Å². The minimum atomic E-state index is -0.900. The van der Waals surface area contributed by atoms with Gasteiger partial charge in [0.05, 0.1) is 37.9 Å². The van der Waals surface area contributed by atoms with E-state index in [0.29, 0.717) is 34.3 Å². The molecule has 0 spiro atoms. The smallest absolute Gasteiger partial charge is 0.435 e. The number of methoxy groups -OCH3 is 1. The van der Waals surface area contributed by atoms with Crippen LogP contribution in [-0.2, 0) is 23.1 Å². The molecule has 1 aromatic carbocycles. The first-order valence-corrected chi connectivity index (χ1v) is 13.8. The van der Waals surface area contributed by atoms with Crippen molar-refractivity contribution in [2.75, 3.05) is 19.0 Å². The van der Waals surface area contributed by atoms with E-state index in [-0.39, 0.29) is 12.3 Å². The molecule has 4 heterocycles. The van der Waals surface area contributed by atoms with Gasteiger partial charge in [-0.3, -0.25) is 14.5 Å². The van der Waals surface area contributed by atoms with Crippen molar-refractivity contribution >= 4 is 29.0 Å². The number of aromatic nitrogens is 6. The van der Waals surface area contributed by atoms with Gasteiger partial charge in [0.1, 0.15) is 27.7 Å². The Labute approximate surface area is 245 Å². The standard InChI is InChI=1S/C29H29N7O5S/c1-29(2,18-40-16-19-8-10-21(39-4)11-9-19)41-28(38)36-14-20(13-31-36)27-33-24(17-42-27)26(37)32-23-15-35(3)34-25(23)22-7-5-6-12-30-22/h5-15,17H,16,18H2,1-4H3,(H,32,37). The Morgan fingerprint density at radius 2 is 1.90 bits per heavy atom. The Morgan fingerprint density at radius 3 is 2.64 bits per heavy atom. The molecule has 0 saturated heterocycles. The van der Waals surface area contributed by atoms with E-state index in [2.05, 4.69) is 25.5 Å². The van der Waals surface area contributed by atoms with Crippen molar-refractivity contribution in [3.8, 4) is 27.7 Å². The van der Waals surface area contributed by atoms with Gasteiger partial charge in [0.15, 0.2) is 0 Å². The molecule has 0 saturated carbocycles. The molecule has 0 aliphatic carbocycles. The molecule has 0 fully saturated rings. The zero-order chi connectivity index (χ0) is 29.7. The lowest BCUT2D eigenvalue weighted by Gasteiger charge is -2.24. The summed E-state index contributed by atoms with van der Waals surface area (Å²) < 4.78 is 19.3. The first-order chi connectivity index (χ1) is 20.2. The summed E-state index contributed by atoms with van der Waals surface area (Å²) in [6.45, 7) is 4.07. The molecule has 0 bridgehead atoms. The first kappa shape index (κ1) is 28.6. The van der Waals surface area contributed by atoms with Gasteiger partial charge in [-0.05, 0) is 43.7 Å².